The first-order valence-corrected chi connectivity index (χ1v) is 16.7. The van der Waals surface area contributed by atoms with Crippen LogP contribution >= 0.6 is 0 Å². The molecule has 0 spiro atoms. The minimum atomic E-state index is -3.75. The maximum atomic E-state index is 13.3. The predicted octanol–water partition coefficient (Wildman–Crippen LogP) is 3.71. The number of morpholine rings is 1. The summed E-state index contributed by atoms with van der Waals surface area (Å²) in [5.41, 5.74) is 3.14. The van der Waals surface area contributed by atoms with Crippen molar-refractivity contribution in [2.45, 2.75) is 68.3 Å². The number of rotatable bonds is 9. The summed E-state index contributed by atoms with van der Waals surface area (Å²) in [5.74, 6) is 6.75. The Labute approximate surface area is 254 Å². The number of carbonyl (C=O) groups is 2. The average Bonchev–Trinajstić information content (AvgIpc) is 3.88. The molecule has 9 nitrogen and oxygen atoms in total. The van der Waals surface area contributed by atoms with Crippen LogP contribution in [-0.4, -0.2) is 71.2 Å². The van der Waals surface area contributed by atoms with Crippen LogP contribution in [0.2, 0.25) is 0 Å². The van der Waals surface area contributed by atoms with Crippen LogP contribution < -0.4 is 10.0 Å². The minimum Gasteiger partial charge on any atom is -0.469 e. The lowest BCUT2D eigenvalue weighted by molar-refractivity contribution is -0.146. The third kappa shape index (κ3) is 7.96. The molecule has 1 atom stereocenters. The molecule has 2 aliphatic carbocycles. The molecular formula is C33H41N3O6S. The van der Waals surface area contributed by atoms with Crippen LogP contribution in [0.15, 0.2) is 47.4 Å². The molecule has 2 N–H and O–H groups in total. The first-order valence-electron chi connectivity index (χ1n) is 15.2. The molecule has 43 heavy (non-hydrogen) atoms. The normalized spacial score (nSPS) is 22.3. The van der Waals surface area contributed by atoms with Gasteiger partial charge in [0.2, 0.25) is 15.9 Å². The molecule has 2 saturated carbocycles. The summed E-state index contributed by atoms with van der Waals surface area (Å²) >= 11 is 0. The van der Waals surface area contributed by atoms with Crippen molar-refractivity contribution in [1.82, 2.24) is 9.62 Å². The van der Waals surface area contributed by atoms with E-state index in [2.05, 4.69) is 26.6 Å². The molecule has 0 bridgehead atoms. The SMILES string of the molecule is CNc1cc(S(=O)(=O)NC2CCC(C(=O)N3CCOCC3C3CC3)CC2)ccc1C#Cc1ccc(CCC(=O)OC)cc1. The van der Waals surface area contributed by atoms with E-state index in [1.807, 2.05) is 29.2 Å². The van der Waals surface area contributed by atoms with Gasteiger partial charge in [-0.05, 0) is 86.8 Å². The molecule has 1 unspecified atom stereocenters. The van der Waals surface area contributed by atoms with Gasteiger partial charge in [-0.25, -0.2) is 13.1 Å². The van der Waals surface area contributed by atoms with Crippen LogP contribution in [0.3, 0.4) is 0 Å². The first-order chi connectivity index (χ1) is 20.8. The molecule has 2 aromatic carbocycles. The smallest absolute Gasteiger partial charge is 0.305 e. The van der Waals surface area contributed by atoms with Crippen LogP contribution in [0.25, 0.3) is 0 Å². The molecule has 1 heterocycles. The van der Waals surface area contributed by atoms with Crippen LogP contribution in [0.5, 0.6) is 0 Å². The number of sulfonamides is 1. The van der Waals surface area contributed by atoms with Gasteiger partial charge in [-0.2, -0.15) is 0 Å². The number of carbonyl (C=O) groups excluding carboxylic acids is 2. The van der Waals surface area contributed by atoms with Gasteiger partial charge in [0, 0.05) is 43.1 Å². The fourth-order valence-electron chi connectivity index (χ4n) is 6.00. The second-order valence-electron chi connectivity index (χ2n) is 11.7. The molecule has 5 rings (SSSR count). The topological polar surface area (TPSA) is 114 Å². The molecule has 0 aromatic heterocycles. The van der Waals surface area contributed by atoms with Gasteiger partial charge in [-0.3, -0.25) is 9.59 Å². The molecule has 3 aliphatic rings. The number of hydrogen-bond donors (Lipinski definition) is 2. The Morgan fingerprint density at radius 1 is 1.02 bits per heavy atom. The highest BCUT2D eigenvalue weighted by Crippen LogP contribution is 2.38. The van der Waals surface area contributed by atoms with Gasteiger partial charge in [0.15, 0.2) is 0 Å². The van der Waals surface area contributed by atoms with Crippen LogP contribution in [0, 0.1) is 23.7 Å². The van der Waals surface area contributed by atoms with E-state index in [0.717, 1.165) is 11.1 Å². The predicted molar refractivity (Wildman–Crippen MR) is 164 cm³/mol. The lowest BCUT2D eigenvalue weighted by Crippen LogP contribution is -2.52. The molecule has 2 aromatic rings. The second kappa shape index (κ2) is 13.9. The number of aryl methyl sites for hydroxylation is 1. The van der Waals surface area contributed by atoms with E-state index < -0.39 is 10.0 Å². The summed E-state index contributed by atoms with van der Waals surface area (Å²) < 4.78 is 39.8. The van der Waals surface area contributed by atoms with E-state index in [-0.39, 0.29) is 34.8 Å². The van der Waals surface area contributed by atoms with E-state index in [9.17, 15) is 18.0 Å². The Hall–Kier alpha value is -3.39. The molecular weight excluding hydrogens is 566 g/mol. The zero-order valence-corrected chi connectivity index (χ0v) is 25.8. The Morgan fingerprint density at radius 3 is 2.44 bits per heavy atom. The summed E-state index contributed by atoms with van der Waals surface area (Å²) in [5, 5.41) is 3.07. The number of benzene rings is 2. The number of methoxy groups -OCH3 is 1. The zero-order valence-electron chi connectivity index (χ0n) is 24.9. The molecule has 230 valence electrons. The number of esters is 1. The summed E-state index contributed by atoms with van der Waals surface area (Å²) in [6.45, 7) is 1.89. The van der Waals surface area contributed by atoms with Gasteiger partial charge in [0.25, 0.3) is 0 Å². The summed E-state index contributed by atoms with van der Waals surface area (Å²) in [6, 6.07) is 12.6. The van der Waals surface area contributed by atoms with Crippen LogP contribution in [0.4, 0.5) is 5.69 Å². The quantitative estimate of drug-likeness (QED) is 0.330. The van der Waals surface area contributed by atoms with E-state index in [4.69, 9.17) is 4.74 Å². The van der Waals surface area contributed by atoms with Crippen molar-refractivity contribution in [3.8, 4) is 11.8 Å². The number of anilines is 1. The highest BCUT2D eigenvalue weighted by atomic mass is 32.2. The van der Waals surface area contributed by atoms with E-state index in [0.29, 0.717) is 75.5 Å². The molecule has 1 saturated heterocycles. The second-order valence-corrected chi connectivity index (χ2v) is 13.4. The van der Waals surface area contributed by atoms with E-state index in [1.54, 1.807) is 25.2 Å². The molecule has 10 heteroatoms. The van der Waals surface area contributed by atoms with Crippen molar-refractivity contribution in [2.75, 3.05) is 39.2 Å². The molecule has 3 fully saturated rings. The third-order valence-corrected chi connectivity index (χ3v) is 10.2. The van der Waals surface area contributed by atoms with Crippen molar-refractivity contribution in [2.24, 2.45) is 11.8 Å². The molecule has 1 aliphatic heterocycles. The van der Waals surface area contributed by atoms with Gasteiger partial charge < -0.3 is 19.7 Å². The molecule has 1 amide bonds. The summed E-state index contributed by atoms with van der Waals surface area (Å²) in [4.78, 5) is 26.9. The minimum absolute atomic E-state index is 0.0510. The monoisotopic (exact) mass is 607 g/mol. The van der Waals surface area contributed by atoms with Crippen LogP contribution in [0.1, 0.15) is 61.6 Å². The number of nitrogens with one attached hydrogen (secondary N) is 2. The largest absolute Gasteiger partial charge is 0.469 e. The van der Waals surface area contributed by atoms with Gasteiger partial charge in [-0.15, -0.1) is 0 Å². The van der Waals surface area contributed by atoms with Gasteiger partial charge in [-0.1, -0.05) is 24.0 Å². The Balaban J connectivity index is 1.17. The third-order valence-electron chi connectivity index (χ3n) is 8.72. The fourth-order valence-corrected chi connectivity index (χ4v) is 7.33. The Bertz CT molecular complexity index is 1470. The van der Waals surface area contributed by atoms with Crippen molar-refractivity contribution in [3.05, 3.63) is 59.2 Å². The van der Waals surface area contributed by atoms with E-state index in [1.165, 1.54) is 20.0 Å². The van der Waals surface area contributed by atoms with Gasteiger partial charge in [0.1, 0.15) is 0 Å². The van der Waals surface area contributed by atoms with Crippen molar-refractivity contribution < 1.29 is 27.5 Å². The summed E-state index contributed by atoms with van der Waals surface area (Å²) in [6.07, 6.45) is 5.91. The number of hydrogen-bond acceptors (Lipinski definition) is 7. The highest BCUT2D eigenvalue weighted by Gasteiger charge is 2.41. The molecule has 0 radical (unpaired) electrons. The van der Waals surface area contributed by atoms with Crippen molar-refractivity contribution in [3.63, 3.8) is 0 Å². The fraction of sp³-hybridized carbons (Fsp3) is 0.515. The zero-order chi connectivity index (χ0) is 30.4. The standard InChI is InChI=1S/C33H41N3O6S/c1-34-30-21-29(17-14-25(30)9-7-23-3-5-24(6-4-23)8-18-32(37)41-2)43(39,40)35-28-15-12-27(13-16-28)33(38)36-19-20-42-22-31(36)26-10-11-26/h3-6,14,17,21,26-28,31,34-35H,8,10-13,15-16,18-20,22H2,1-2H3. The number of ether oxygens (including phenoxy) is 2. The van der Waals surface area contributed by atoms with Crippen LogP contribution in [-0.2, 0) is 35.5 Å². The lowest BCUT2D eigenvalue weighted by Gasteiger charge is -2.39. The maximum Gasteiger partial charge on any atom is 0.305 e. The lowest BCUT2D eigenvalue weighted by atomic mass is 9.85. The Morgan fingerprint density at radius 2 is 1.77 bits per heavy atom. The first kappa shape index (κ1) is 31.0. The van der Waals surface area contributed by atoms with Gasteiger partial charge >= 0.3 is 5.97 Å². The number of nitrogens with zero attached hydrogens (tertiary/aromatic N) is 1. The Kier molecular flexibility index (Phi) is 10.1. The summed E-state index contributed by atoms with van der Waals surface area (Å²) in [7, 11) is -0.630. The van der Waals surface area contributed by atoms with Crippen molar-refractivity contribution >= 4 is 27.6 Å². The number of amides is 1. The van der Waals surface area contributed by atoms with E-state index >= 15 is 0 Å². The van der Waals surface area contributed by atoms with Gasteiger partial charge in [0.05, 0.1) is 36.9 Å². The van der Waals surface area contributed by atoms with Crippen molar-refractivity contribution in [1.29, 1.82) is 0 Å². The average molecular weight is 608 g/mol. The highest BCUT2D eigenvalue weighted by molar-refractivity contribution is 7.89. The maximum absolute atomic E-state index is 13.3.